The van der Waals surface area contributed by atoms with Crippen LogP contribution in [0.2, 0.25) is 0 Å². The highest BCUT2D eigenvalue weighted by Gasteiger charge is 2.25. The molecule has 6 nitrogen and oxygen atoms in total. The Balaban J connectivity index is 1.72. The molecule has 1 aliphatic rings. The van der Waals surface area contributed by atoms with E-state index < -0.39 is 0 Å². The predicted molar refractivity (Wildman–Crippen MR) is 110 cm³/mol. The lowest BCUT2D eigenvalue weighted by molar-refractivity contribution is 0.0746. The molecule has 1 saturated heterocycles. The maximum absolute atomic E-state index is 13.0. The summed E-state index contributed by atoms with van der Waals surface area (Å²) in [5.74, 6) is 2.15. The van der Waals surface area contributed by atoms with Gasteiger partial charge in [-0.05, 0) is 43.7 Å². The van der Waals surface area contributed by atoms with E-state index in [2.05, 4.69) is 11.0 Å². The molecule has 0 N–H and O–H groups in total. The van der Waals surface area contributed by atoms with E-state index in [-0.39, 0.29) is 5.91 Å². The van der Waals surface area contributed by atoms with Crippen molar-refractivity contribution in [1.82, 2.24) is 4.90 Å². The highest BCUT2D eigenvalue weighted by molar-refractivity contribution is 5.95. The number of hydrogen-bond acceptors (Lipinski definition) is 5. The second kappa shape index (κ2) is 8.87. The first-order valence-electron chi connectivity index (χ1n) is 9.57. The van der Waals surface area contributed by atoms with Gasteiger partial charge in [-0.25, -0.2) is 0 Å². The summed E-state index contributed by atoms with van der Waals surface area (Å²) in [6.45, 7) is 7.39. The second-order valence-electron chi connectivity index (χ2n) is 6.71. The van der Waals surface area contributed by atoms with Crippen molar-refractivity contribution in [3.63, 3.8) is 0 Å². The molecule has 0 atom stereocenters. The Morgan fingerprint density at radius 3 is 2.36 bits per heavy atom. The van der Waals surface area contributed by atoms with Gasteiger partial charge in [-0.15, -0.1) is 0 Å². The Hall–Kier alpha value is -2.89. The summed E-state index contributed by atoms with van der Waals surface area (Å²) in [4.78, 5) is 17.2. The van der Waals surface area contributed by atoms with Gasteiger partial charge in [0.05, 0.1) is 26.5 Å². The molecule has 0 bridgehead atoms. The molecule has 28 heavy (non-hydrogen) atoms. The number of rotatable bonds is 6. The fourth-order valence-electron chi connectivity index (χ4n) is 3.61. The molecule has 0 aromatic heterocycles. The fourth-order valence-corrected chi connectivity index (χ4v) is 3.61. The summed E-state index contributed by atoms with van der Waals surface area (Å²) < 4.78 is 16.5. The summed E-state index contributed by atoms with van der Waals surface area (Å²) in [6, 6.07) is 11.7. The minimum Gasteiger partial charge on any atom is -0.493 e. The number of aryl methyl sites for hydroxylation is 1. The van der Waals surface area contributed by atoms with E-state index in [1.807, 2.05) is 43.0 Å². The van der Waals surface area contributed by atoms with Crippen LogP contribution in [0.25, 0.3) is 0 Å². The van der Waals surface area contributed by atoms with Crippen molar-refractivity contribution in [2.75, 3.05) is 51.9 Å². The largest absolute Gasteiger partial charge is 0.493 e. The molecule has 6 heteroatoms. The average molecular weight is 384 g/mol. The first-order chi connectivity index (χ1) is 13.6. The molecular weight excluding hydrogens is 356 g/mol. The van der Waals surface area contributed by atoms with Crippen LogP contribution >= 0.6 is 0 Å². The van der Waals surface area contributed by atoms with Crippen molar-refractivity contribution in [3.8, 4) is 17.2 Å². The van der Waals surface area contributed by atoms with Crippen LogP contribution < -0.4 is 19.1 Å². The first-order valence-corrected chi connectivity index (χ1v) is 9.57. The third kappa shape index (κ3) is 4.01. The average Bonchev–Trinajstić information content (AvgIpc) is 2.73. The van der Waals surface area contributed by atoms with E-state index >= 15 is 0 Å². The molecule has 0 spiro atoms. The van der Waals surface area contributed by atoms with E-state index in [0.29, 0.717) is 36.8 Å². The van der Waals surface area contributed by atoms with Crippen molar-refractivity contribution >= 4 is 11.6 Å². The van der Waals surface area contributed by atoms with E-state index in [1.54, 1.807) is 20.3 Å². The van der Waals surface area contributed by atoms with Gasteiger partial charge in [0.1, 0.15) is 5.75 Å². The van der Waals surface area contributed by atoms with Gasteiger partial charge in [0.25, 0.3) is 5.91 Å². The number of carbonyl (C=O) groups is 1. The van der Waals surface area contributed by atoms with Crippen molar-refractivity contribution in [2.45, 2.75) is 13.8 Å². The van der Waals surface area contributed by atoms with Crippen LogP contribution in [-0.4, -0.2) is 57.8 Å². The fraction of sp³-hybridized carbons (Fsp3) is 0.409. The second-order valence-corrected chi connectivity index (χ2v) is 6.71. The van der Waals surface area contributed by atoms with Crippen molar-refractivity contribution in [3.05, 3.63) is 47.5 Å². The third-order valence-corrected chi connectivity index (χ3v) is 4.98. The van der Waals surface area contributed by atoms with Crippen LogP contribution in [0.15, 0.2) is 36.4 Å². The van der Waals surface area contributed by atoms with Crippen LogP contribution in [0, 0.1) is 6.92 Å². The summed E-state index contributed by atoms with van der Waals surface area (Å²) >= 11 is 0. The van der Waals surface area contributed by atoms with Gasteiger partial charge < -0.3 is 24.0 Å². The van der Waals surface area contributed by atoms with E-state index in [4.69, 9.17) is 14.2 Å². The zero-order valence-corrected chi connectivity index (χ0v) is 17.0. The lowest BCUT2D eigenvalue weighted by atomic mass is 10.1. The SMILES string of the molecule is CCOc1ccccc1N1CCN(C(=O)c2cc(C)c(OC)c(OC)c2)CC1. The lowest BCUT2D eigenvalue weighted by Crippen LogP contribution is -2.48. The Bertz CT molecular complexity index is 829. The Labute approximate surface area is 166 Å². The zero-order valence-electron chi connectivity index (χ0n) is 17.0. The summed E-state index contributed by atoms with van der Waals surface area (Å²) in [7, 11) is 3.19. The summed E-state index contributed by atoms with van der Waals surface area (Å²) in [6.07, 6.45) is 0. The molecule has 2 aromatic rings. The Kier molecular flexibility index (Phi) is 6.29. The number of anilines is 1. The smallest absolute Gasteiger partial charge is 0.254 e. The molecule has 0 unspecified atom stereocenters. The van der Waals surface area contributed by atoms with Crippen LogP contribution in [-0.2, 0) is 0 Å². The predicted octanol–water partition coefficient (Wildman–Crippen LogP) is 3.37. The number of piperazine rings is 1. The molecule has 1 heterocycles. The molecule has 0 saturated carbocycles. The van der Waals surface area contributed by atoms with E-state index in [9.17, 15) is 4.79 Å². The van der Waals surface area contributed by atoms with Gasteiger partial charge in [-0.2, -0.15) is 0 Å². The zero-order chi connectivity index (χ0) is 20.1. The molecule has 0 aliphatic carbocycles. The van der Waals surface area contributed by atoms with Crippen molar-refractivity contribution < 1.29 is 19.0 Å². The normalized spacial score (nSPS) is 14.0. The van der Waals surface area contributed by atoms with Gasteiger partial charge in [-0.1, -0.05) is 12.1 Å². The third-order valence-electron chi connectivity index (χ3n) is 4.98. The number of nitrogens with zero attached hydrogens (tertiary/aromatic N) is 2. The van der Waals surface area contributed by atoms with Gasteiger partial charge in [0.15, 0.2) is 11.5 Å². The molecule has 1 fully saturated rings. The summed E-state index contributed by atoms with van der Waals surface area (Å²) in [5, 5.41) is 0. The van der Waals surface area contributed by atoms with Crippen LogP contribution in [0.4, 0.5) is 5.69 Å². The van der Waals surface area contributed by atoms with Gasteiger partial charge in [0.2, 0.25) is 0 Å². The van der Waals surface area contributed by atoms with Gasteiger partial charge >= 0.3 is 0 Å². The maximum atomic E-state index is 13.0. The number of benzene rings is 2. The van der Waals surface area contributed by atoms with Gasteiger partial charge in [-0.3, -0.25) is 4.79 Å². The maximum Gasteiger partial charge on any atom is 0.254 e. The number of para-hydroxylation sites is 2. The number of amides is 1. The quantitative estimate of drug-likeness (QED) is 0.764. The minimum atomic E-state index is 0.0156. The van der Waals surface area contributed by atoms with Crippen molar-refractivity contribution in [1.29, 1.82) is 0 Å². The molecular formula is C22H28N2O4. The topological polar surface area (TPSA) is 51.2 Å². The summed E-state index contributed by atoms with van der Waals surface area (Å²) in [5.41, 5.74) is 2.59. The molecule has 1 aliphatic heterocycles. The highest BCUT2D eigenvalue weighted by Crippen LogP contribution is 2.33. The van der Waals surface area contributed by atoms with E-state index in [0.717, 1.165) is 30.1 Å². The molecule has 1 amide bonds. The Morgan fingerprint density at radius 2 is 1.71 bits per heavy atom. The molecule has 3 rings (SSSR count). The standard InChI is InChI=1S/C22H28N2O4/c1-5-28-19-9-7-6-8-18(19)23-10-12-24(13-11-23)22(25)17-14-16(2)21(27-4)20(15-17)26-3/h6-9,14-15H,5,10-13H2,1-4H3. The number of carbonyl (C=O) groups excluding carboxylic acids is 1. The molecule has 150 valence electrons. The number of hydrogen-bond donors (Lipinski definition) is 0. The highest BCUT2D eigenvalue weighted by atomic mass is 16.5. The van der Waals surface area contributed by atoms with Crippen LogP contribution in [0.3, 0.4) is 0 Å². The van der Waals surface area contributed by atoms with E-state index in [1.165, 1.54) is 0 Å². The minimum absolute atomic E-state index is 0.0156. The van der Waals surface area contributed by atoms with Gasteiger partial charge in [0, 0.05) is 31.7 Å². The Morgan fingerprint density at radius 1 is 1.00 bits per heavy atom. The van der Waals surface area contributed by atoms with Crippen LogP contribution in [0.5, 0.6) is 17.2 Å². The monoisotopic (exact) mass is 384 g/mol. The molecule has 2 aromatic carbocycles. The van der Waals surface area contributed by atoms with Crippen LogP contribution in [0.1, 0.15) is 22.8 Å². The van der Waals surface area contributed by atoms with Crippen molar-refractivity contribution in [2.24, 2.45) is 0 Å². The number of methoxy groups -OCH3 is 2. The number of ether oxygens (including phenoxy) is 3. The molecule has 0 radical (unpaired) electrons. The first kappa shape index (κ1) is 19.9. The lowest BCUT2D eigenvalue weighted by Gasteiger charge is -2.36.